The van der Waals surface area contributed by atoms with Crippen molar-refractivity contribution in [3.05, 3.63) is 46.1 Å². The van der Waals surface area contributed by atoms with E-state index < -0.39 is 0 Å². The molecule has 0 unspecified atom stereocenters. The minimum absolute atomic E-state index is 0.212. The summed E-state index contributed by atoms with van der Waals surface area (Å²) >= 11 is 17.0. The van der Waals surface area contributed by atoms with Gasteiger partial charge in [-0.05, 0) is 56.6 Å². The van der Waals surface area contributed by atoms with Crippen LogP contribution in [0.4, 0.5) is 0 Å². The topological polar surface area (TPSA) is 58.0 Å². The van der Waals surface area contributed by atoms with Crippen LogP contribution in [0.3, 0.4) is 0 Å². The van der Waals surface area contributed by atoms with Crippen molar-refractivity contribution in [2.45, 2.75) is 0 Å². The molecule has 0 saturated carbocycles. The number of hydrogen-bond acceptors (Lipinski definition) is 4. The summed E-state index contributed by atoms with van der Waals surface area (Å²) in [6, 6.07) is 8.97. The molecule has 0 bridgehead atoms. The van der Waals surface area contributed by atoms with E-state index in [1.54, 1.807) is 23.4 Å². The second-order valence-electron chi connectivity index (χ2n) is 5.34. The molecule has 1 aromatic carbocycles. The van der Waals surface area contributed by atoms with Crippen molar-refractivity contribution in [2.24, 2.45) is 10.8 Å². The third-order valence-electron chi connectivity index (χ3n) is 3.17. The Morgan fingerprint density at radius 1 is 1.21 bits per heavy atom. The van der Waals surface area contributed by atoms with Gasteiger partial charge >= 0.3 is 0 Å². The van der Waals surface area contributed by atoms with Crippen molar-refractivity contribution in [3.8, 4) is 11.3 Å². The monoisotopic (exact) mass is 384 g/mol. The number of nitrogens with zero attached hydrogens (tertiary/aromatic N) is 3. The van der Waals surface area contributed by atoms with Crippen molar-refractivity contribution in [2.75, 3.05) is 27.2 Å². The number of rotatable bonds is 6. The molecular formula is C16H18Cl2N4OS. The number of hydrazone groups is 1. The normalized spacial score (nSPS) is 11.4. The number of hydrogen-bond donors (Lipinski definition) is 1. The maximum atomic E-state index is 6.03. The van der Waals surface area contributed by atoms with Gasteiger partial charge in [0.05, 0.1) is 22.8 Å². The molecule has 2 rings (SSSR count). The van der Waals surface area contributed by atoms with Gasteiger partial charge in [0.2, 0.25) is 0 Å². The highest BCUT2D eigenvalue weighted by atomic mass is 35.5. The molecule has 0 aliphatic heterocycles. The van der Waals surface area contributed by atoms with Gasteiger partial charge in [-0.15, -0.1) is 0 Å². The number of likely N-dealkylation sites (N-methyl/N-ethyl adjacent to an activating group) is 1. The largest absolute Gasteiger partial charge is 0.455 e. The lowest BCUT2D eigenvalue weighted by Crippen LogP contribution is -2.36. The molecule has 1 heterocycles. The van der Waals surface area contributed by atoms with Crippen molar-refractivity contribution in [3.63, 3.8) is 0 Å². The van der Waals surface area contributed by atoms with E-state index in [0.717, 1.165) is 12.1 Å². The summed E-state index contributed by atoms with van der Waals surface area (Å²) in [6.07, 6.45) is 1.58. The first-order valence-electron chi connectivity index (χ1n) is 7.18. The van der Waals surface area contributed by atoms with Crippen LogP contribution < -0.4 is 5.73 Å². The summed E-state index contributed by atoms with van der Waals surface area (Å²) in [5.41, 5.74) is 6.52. The molecule has 5 nitrogen and oxygen atoms in total. The van der Waals surface area contributed by atoms with Gasteiger partial charge in [-0.3, -0.25) is 0 Å². The first-order valence-corrected chi connectivity index (χ1v) is 8.34. The maximum absolute atomic E-state index is 6.03. The van der Waals surface area contributed by atoms with E-state index >= 15 is 0 Å². The lowest BCUT2D eigenvalue weighted by molar-refractivity contribution is 0.339. The van der Waals surface area contributed by atoms with E-state index in [0.29, 0.717) is 28.1 Å². The van der Waals surface area contributed by atoms with Crippen LogP contribution in [0.5, 0.6) is 0 Å². The molecule has 0 atom stereocenters. The van der Waals surface area contributed by atoms with Gasteiger partial charge < -0.3 is 15.1 Å². The second kappa shape index (κ2) is 8.48. The van der Waals surface area contributed by atoms with E-state index in [2.05, 4.69) is 5.10 Å². The summed E-state index contributed by atoms with van der Waals surface area (Å²) in [4.78, 5) is 2.02. The molecule has 0 fully saturated rings. The number of furan rings is 1. The molecule has 0 aliphatic carbocycles. The number of nitrogens with two attached hydrogens (primary N) is 1. The molecule has 2 aromatic rings. The Hall–Kier alpha value is -1.60. The van der Waals surface area contributed by atoms with Gasteiger partial charge in [-0.2, -0.15) is 5.10 Å². The van der Waals surface area contributed by atoms with E-state index in [-0.39, 0.29) is 5.11 Å². The zero-order valence-corrected chi connectivity index (χ0v) is 15.7. The molecule has 1 aromatic heterocycles. The lowest BCUT2D eigenvalue weighted by atomic mass is 10.2. The number of halogens is 2. The molecule has 0 radical (unpaired) electrons. The Morgan fingerprint density at radius 3 is 2.58 bits per heavy atom. The third kappa shape index (κ3) is 5.21. The number of benzene rings is 1. The highest BCUT2D eigenvalue weighted by Gasteiger charge is 2.08. The van der Waals surface area contributed by atoms with Gasteiger partial charge in [-0.1, -0.05) is 23.2 Å². The van der Waals surface area contributed by atoms with Gasteiger partial charge in [0.1, 0.15) is 11.5 Å². The standard InChI is InChI=1S/C16H18Cl2N4OS/c1-21(2)7-8-22(16(19)24)20-10-12-4-6-15(23-12)11-3-5-13(17)14(18)9-11/h3-6,9-10H,7-8H2,1-2H3,(H2,19,24). The van der Waals surface area contributed by atoms with Crippen molar-refractivity contribution in [1.29, 1.82) is 0 Å². The van der Waals surface area contributed by atoms with E-state index in [9.17, 15) is 0 Å². The summed E-state index contributed by atoms with van der Waals surface area (Å²) in [7, 11) is 3.94. The van der Waals surface area contributed by atoms with Gasteiger partial charge in [0.15, 0.2) is 5.11 Å². The lowest BCUT2D eigenvalue weighted by Gasteiger charge is -2.18. The van der Waals surface area contributed by atoms with Gasteiger partial charge in [-0.25, -0.2) is 5.01 Å². The fourth-order valence-corrected chi connectivity index (χ4v) is 2.31. The van der Waals surface area contributed by atoms with Crippen LogP contribution in [0.25, 0.3) is 11.3 Å². The first-order chi connectivity index (χ1) is 11.4. The minimum Gasteiger partial charge on any atom is -0.455 e. The molecule has 0 spiro atoms. The molecular weight excluding hydrogens is 367 g/mol. The second-order valence-corrected chi connectivity index (χ2v) is 6.57. The highest BCUT2D eigenvalue weighted by molar-refractivity contribution is 7.80. The Kier molecular flexibility index (Phi) is 6.62. The van der Waals surface area contributed by atoms with Crippen LogP contribution in [-0.2, 0) is 0 Å². The quantitative estimate of drug-likeness (QED) is 0.467. The van der Waals surface area contributed by atoms with Crippen LogP contribution in [0.1, 0.15) is 5.76 Å². The Bertz CT molecular complexity index is 745. The molecule has 0 aliphatic rings. The molecule has 24 heavy (non-hydrogen) atoms. The van der Waals surface area contributed by atoms with E-state index in [4.69, 9.17) is 45.6 Å². The fourth-order valence-electron chi connectivity index (χ4n) is 1.87. The Morgan fingerprint density at radius 2 is 1.96 bits per heavy atom. The molecule has 2 N–H and O–H groups in total. The minimum atomic E-state index is 0.212. The van der Waals surface area contributed by atoms with Crippen LogP contribution in [0.15, 0.2) is 39.9 Å². The maximum Gasteiger partial charge on any atom is 0.187 e. The molecule has 128 valence electrons. The van der Waals surface area contributed by atoms with Crippen molar-refractivity contribution in [1.82, 2.24) is 9.91 Å². The van der Waals surface area contributed by atoms with Crippen LogP contribution >= 0.6 is 35.4 Å². The fraction of sp³-hybridized carbons (Fsp3) is 0.250. The molecule has 0 amide bonds. The van der Waals surface area contributed by atoms with Gasteiger partial charge in [0, 0.05) is 12.1 Å². The average molecular weight is 385 g/mol. The Balaban J connectivity index is 2.11. The van der Waals surface area contributed by atoms with Crippen LogP contribution in [0, 0.1) is 0 Å². The van der Waals surface area contributed by atoms with Crippen molar-refractivity contribution >= 4 is 46.7 Å². The smallest absolute Gasteiger partial charge is 0.187 e. The predicted octanol–water partition coefficient (Wildman–Crippen LogP) is 3.69. The number of thiocarbonyl (C=S) groups is 1. The summed E-state index contributed by atoms with van der Waals surface area (Å²) in [5.74, 6) is 1.26. The summed E-state index contributed by atoms with van der Waals surface area (Å²) in [6.45, 7) is 1.38. The zero-order chi connectivity index (χ0) is 17.7. The first kappa shape index (κ1) is 18.7. The van der Waals surface area contributed by atoms with Gasteiger partial charge in [0.25, 0.3) is 0 Å². The average Bonchev–Trinajstić information content (AvgIpc) is 2.98. The molecule has 0 saturated heterocycles. The summed E-state index contributed by atoms with van der Waals surface area (Å²) in [5, 5.41) is 7.02. The van der Waals surface area contributed by atoms with Crippen LogP contribution in [-0.4, -0.2) is 48.4 Å². The SMILES string of the molecule is CN(C)CCN(N=Cc1ccc(-c2ccc(Cl)c(Cl)c2)o1)C(N)=S. The molecule has 8 heteroatoms. The van der Waals surface area contributed by atoms with E-state index in [1.165, 1.54) is 0 Å². The van der Waals surface area contributed by atoms with Crippen LogP contribution in [0.2, 0.25) is 10.0 Å². The predicted molar refractivity (Wildman–Crippen MR) is 104 cm³/mol. The zero-order valence-electron chi connectivity index (χ0n) is 13.4. The Labute approximate surface area is 156 Å². The van der Waals surface area contributed by atoms with Crippen molar-refractivity contribution < 1.29 is 4.42 Å². The summed E-state index contributed by atoms with van der Waals surface area (Å²) < 4.78 is 5.75. The van der Waals surface area contributed by atoms with E-state index in [1.807, 2.05) is 37.2 Å². The highest BCUT2D eigenvalue weighted by Crippen LogP contribution is 2.29. The third-order valence-corrected chi connectivity index (χ3v) is 4.12.